The Labute approximate surface area is 355 Å². The molecule has 286 valence electrons. The van der Waals surface area contributed by atoms with E-state index in [1.807, 2.05) is 0 Å². The van der Waals surface area contributed by atoms with E-state index in [2.05, 4.69) is 252 Å². The van der Waals surface area contributed by atoms with Gasteiger partial charge in [0.15, 0.2) is 0 Å². The molecular formula is C59H40N2. The molecule has 10 aromatic carbocycles. The Bertz CT molecular complexity index is 3350. The van der Waals surface area contributed by atoms with Gasteiger partial charge in [-0.15, -0.1) is 0 Å². The number of nitrogens with zero attached hydrogens (tertiary/aromatic N) is 2. The van der Waals surface area contributed by atoms with Crippen LogP contribution in [0.1, 0.15) is 22.3 Å². The monoisotopic (exact) mass is 776 g/mol. The number of anilines is 3. The fourth-order valence-corrected chi connectivity index (χ4v) is 10.2. The van der Waals surface area contributed by atoms with Crippen LogP contribution in [-0.4, -0.2) is 4.57 Å². The Balaban J connectivity index is 1.13. The second-order valence-electron chi connectivity index (χ2n) is 16.1. The van der Waals surface area contributed by atoms with Gasteiger partial charge in [0.05, 0.1) is 16.4 Å². The maximum atomic E-state index is 2.47. The third-order valence-corrected chi connectivity index (χ3v) is 12.8. The molecule has 0 spiro atoms. The number of aromatic nitrogens is 1. The fraction of sp³-hybridized carbons (Fsp3) is 0.0169. The summed E-state index contributed by atoms with van der Waals surface area (Å²) in [6.45, 7) is 0. The van der Waals surface area contributed by atoms with Crippen LogP contribution in [0.5, 0.6) is 0 Å². The Kier molecular flexibility index (Phi) is 8.11. The third-order valence-electron chi connectivity index (χ3n) is 12.8. The predicted molar refractivity (Wildman–Crippen MR) is 256 cm³/mol. The minimum atomic E-state index is -0.562. The summed E-state index contributed by atoms with van der Waals surface area (Å²) in [5, 5.41) is 4.95. The number of rotatable bonds is 7. The van der Waals surface area contributed by atoms with Crippen molar-refractivity contribution in [2.75, 3.05) is 4.90 Å². The summed E-state index contributed by atoms with van der Waals surface area (Å²) >= 11 is 0. The van der Waals surface area contributed by atoms with E-state index < -0.39 is 5.41 Å². The summed E-state index contributed by atoms with van der Waals surface area (Å²) < 4.78 is 2.40. The lowest BCUT2D eigenvalue weighted by Gasteiger charge is -2.35. The van der Waals surface area contributed by atoms with Gasteiger partial charge in [0.2, 0.25) is 0 Å². The van der Waals surface area contributed by atoms with E-state index in [0.717, 1.165) is 22.7 Å². The van der Waals surface area contributed by atoms with Crippen molar-refractivity contribution < 1.29 is 0 Å². The van der Waals surface area contributed by atoms with Crippen LogP contribution in [0.15, 0.2) is 243 Å². The van der Waals surface area contributed by atoms with Crippen molar-refractivity contribution >= 4 is 49.6 Å². The minimum absolute atomic E-state index is 0.562. The van der Waals surface area contributed by atoms with E-state index in [-0.39, 0.29) is 0 Å². The van der Waals surface area contributed by atoms with Gasteiger partial charge in [-0.3, -0.25) is 0 Å². The lowest BCUT2D eigenvalue weighted by atomic mass is 9.66. The Morgan fingerprint density at radius 2 is 0.885 bits per heavy atom. The molecule has 2 heteroatoms. The first kappa shape index (κ1) is 35.0. The molecule has 0 saturated heterocycles. The van der Waals surface area contributed by atoms with Crippen LogP contribution in [0, 0.1) is 0 Å². The average Bonchev–Trinajstić information content (AvgIpc) is 3.83. The van der Waals surface area contributed by atoms with Gasteiger partial charge in [0, 0.05) is 33.5 Å². The number of benzene rings is 10. The Morgan fingerprint density at radius 3 is 1.59 bits per heavy atom. The van der Waals surface area contributed by atoms with E-state index >= 15 is 0 Å². The molecule has 0 saturated carbocycles. The van der Waals surface area contributed by atoms with Crippen molar-refractivity contribution in [2.24, 2.45) is 0 Å². The van der Waals surface area contributed by atoms with Gasteiger partial charge in [-0.05, 0) is 122 Å². The number of hydrogen-bond acceptors (Lipinski definition) is 1. The standard InChI is InChI=1S/C59H40N2/c1-6-18-41(19-7-1)43-31-36-56-53(38-43)54-39-48(33-37-57(54)61(56)47-27-14-5-15-28-47)60(46-25-12-4-13-26-46)49-32-35-51-52-34-30-42-20-16-17-29-50(42)58(52)59(55(51)40-49,44-21-8-2-9-22-44)45-23-10-3-11-24-45/h1-40H. The van der Waals surface area contributed by atoms with Gasteiger partial charge in [-0.1, -0.05) is 176 Å². The zero-order valence-electron chi connectivity index (χ0n) is 33.5. The lowest BCUT2D eigenvalue weighted by molar-refractivity contribution is 0.775. The molecule has 0 bridgehead atoms. The van der Waals surface area contributed by atoms with E-state index in [0.29, 0.717) is 0 Å². The molecule has 0 amide bonds. The summed E-state index contributed by atoms with van der Waals surface area (Å²) in [4.78, 5) is 2.44. The molecule has 0 unspecified atom stereocenters. The zero-order chi connectivity index (χ0) is 40.3. The molecule has 1 heterocycles. The topological polar surface area (TPSA) is 8.17 Å². The fourth-order valence-electron chi connectivity index (χ4n) is 10.2. The molecular weight excluding hydrogens is 737 g/mol. The predicted octanol–water partition coefficient (Wildman–Crippen LogP) is 15.4. The first-order chi connectivity index (χ1) is 30.3. The highest BCUT2D eigenvalue weighted by molar-refractivity contribution is 6.12. The molecule has 61 heavy (non-hydrogen) atoms. The number of hydrogen-bond donors (Lipinski definition) is 0. The van der Waals surface area contributed by atoms with Gasteiger partial charge >= 0.3 is 0 Å². The lowest BCUT2D eigenvalue weighted by Crippen LogP contribution is -2.29. The highest BCUT2D eigenvalue weighted by atomic mass is 15.1. The molecule has 12 rings (SSSR count). The highest BCUT2D eigenvalue weighted by Gasteiger charge is 2.47. The van der Waals surface area contributed by atoms with Crippen LogP contribution in [-0.2, 0) is 5.41 Å². The van der Waals surface area contributed by atoms with Gasteiger partial charge in [-0.2, -0.15) is 0 Å². The van der Waals surface area contributed by atoms with E-state index in [9.17, 15) is 0 Å². The second-order valence-corrected chi connectivity index (χ2v) is 16.1. The molecule has 1 aromatic heterocycles. The van der Waals surface area contributed by atoms with Crippen molar-refractivity contribution in [3.63, 3.8) is 0 Å². The van der Waals surface area contributed by atoms with Crippen LogP contribution in [0.25, 0.3) is 60.5 Å². The van der Waals surface area contributed by atoms with Gasteiger partial charge in [0.25, 0.3) is 0 Å². The first-order valence-corrected chi connectivity index (χ1v) is 21.1. The van der Waals surface area contributed by atoms with Gasteiger partial charge in [0.1, 0.15) is 0 Å². The summed E-state index contributed by atoms with van der Waals surface area (Å²) in [6.07, 6.45) is 0. The van der Waals surface area contributed by atoms with Crippen LogP contribution in [0.2, 0.25) is 0 Å². The normalized spacial score (nSPS) is 12.7. The van der Waals surface area contributed by atoms with Crippen LogP contribution in [0.4, 0.5) is 17.1 Å². The van der Waals surface area contributed by atoms with Crippen LogP contribution < -0.4 is 4.90 Å². The highest BCUT2D eigenvalue weighted by Crippen LogP contribution is 2.59. The smallest absolute Gasteiger partial charge is 0.0720 e. The molecule has 1 aliphatic carbocycles. The largest absolute Gasteiger partial charge is 0.310 e. The summed E-state index contributed by atoms with van der Waals surface area (Å²) in [6, 6.07) is 89.1. The minimum Gasteiger partial charge on any atom is -0.310 e. The molecule has 0 N–H and O–H groups in total. The Hall–Kier alpha value is -7.94. The van der Waals surface area contributed by atoms with Crippen LogP contribution in [0.3, 0.4) is 0 Å². The van der Waals surface area contributed by atoms with Crippen molar-refractivity contribution in [1.82, 2.24) is 4.57 Å². The first-order valence-electron chi connectivity index (χ1n) is 21.1. The van der Waals surface area contributed by atoms with Gasteiger partial charge in [-0.25, -0.2) is 0 Å². The SMILES string of the molecule is c1ccc(-c2ccc3c(c2)c2cc(N(c4ccccc4)c4ccc5c(c4)C(c4ccccc4)(c4ccccc4)c4c-5ccc5ccccc45)ccc2n3-c2ccccc2)cc1. The molecule has 11 aromatic rings. The molecule has 0 atom stereocenters. The molecule has 0 radical (unpaired) electrons. The number of fused-ring (bicyclic) bond motifs is 8. The zero-order valence-corrected chi connectivity index (χ0v) is 33.5. The second kappa shape index (κ2) is 14.1. The van der Waals surface area contributed by atoms with E-state index in [1.165, 1.54) is 77.1 Å². The van der Waals surface area contributed by atoms with Crippen LogP contribution >= 0.6 is 0 Å². The van der Waals surface area contributed by atoms with E-state index in [4.69, 9.17) is 0 Å². The number of para-hydroxylation sites is 2. The summed E-state index contributed by atoms with van der Waals surface area (Å²) in [7, 11) is 0. The molecule has 0 fully saturated rings. The maximum absolute atomic E-state index is 2.47. The van der Waals surface area contributed by atoms with E-state index in [1.54, 1.807) is 0 Å². The third kappa shape index (κ3) is 5.43. The molecule has 0 aliphatic heterocycles. The summed E-state index contributed by atoms with van der Waals surface area (Å²) in [5.41, 5.74) is 16.3. The molecule has 1 aliphatic rings. The van der Waals surface area contributed by atoms with Crippen molar-refractivity contribution in [1.29, 1.82) is 0 Å². The quantitative estimate of drug-likeness (QED) is 0.156. The van der Waals surface area contributed by atoms with Crippen molar-refractivity contribution in [3.8, 4) is 27.9 Å². The molecule has 2 nitrogen and oxygen atoms in total. The maximum Gasteiger partial charge on any atom is 0.0720 e. The van der Waals surface area contributed by atoms with Crippen molar-refractivity contribution in [3.05, 3.63) is 265 Å². The van der Waals surface area contributed by atoms with Gasteiger partial charge < -0.3 is 9.47 Å². The summed E-state index contributed by atoms with van der Waals surface area (Å²) in [5.74, 6) is 0. The average molecular weight is 777 g/mol. The van der Waals surface area contributed by atoms with Crippen molar-refractivity contribution in [2.45, 2.75) is 5.41 Å². The Morgan fingerprint density at radius 1 is 0.344 bits per heavy atom.